The molecule has 0 spiro atoms. The molecule has 17 heavy (non-hydrogen) atoms. The van der Waals surface area contributed by atoms with E-state index in [-0.39, 0.29) is 18.0 Å². The molecule has 0 fully saturated rings. The molecule has 0 aliphatic carbocycles. The smallest absolute Gasteiger partial charge is 0.237 e. The third-order valence-corrected chi connectivity index (χ3v) is 3.04. The van der Waals surface area contributed by atoms with Gasteiger partial charge < -0.3 is 15.5 Å². The van der Waals surface area contributed by atoms with Crippen LogP contribution in [0, 0.1) is 0 Å². The fraction of sp³-hybridized carbons (Fsp3) is 0.583. The molecule has 0 radical (unpaired) electrons. The summed E-state index contributed by atoms with van der Waals surface area (Å²) in [7, 11) is 1.90. The Balaban J connectivity index is 2.41. The molecule has 3 N–H and O–H groups in total. The standard InChI is InChI=1S/C12H21N3O2/c1-9(7-13)15(3)10(2)12(16)14-8-11-5-4-6-17-11/h4-6,9-10H,7-8,13H2,1-3H3,(H,14,16). The van der Waals surface area contributed by atoms with Gasteiger partial charge in [0.2, 0.25) is 5.91 Å². The van der Waals surface area contributed by atoms with Crippen LogP contribution in [0.4, 0.5) is 0 Å². The van der Waals surface area contributed by atoms with Gasteiger partial charge in [0.15, 0.2) is 0 Å². The summed E-state index contributed by atoms with van der Waals surface area (Å²) in [6, 6.07) is 3.60. The number of nitrogens with two attached hydrogens (primary N) is 1. The highest BCUT2D eigenvalue weighted by Gasteiger charge is 2.21. The second-order valence-corrected chi connectivity index (χ2v) is 4.22. The summed E-state index contributed by atoms with van der Waals surface area (Å²) in [6.45, 7) is 4.81. The Labute approximate surface area is 102 Å². The van der Waals surface area contributed by atoms with E-state index in [1.165, 1.54) is 0 Å². The van der Waals surface area contributed by atoms with Crippen molar-refractivity contribution in [2.45, 2.75) is 32.5 Å². The zero-order chi connectivity index (χ0) is 12.8. The van der Waals surface area contributed by atoms with Gasteiger partial charge in [-0.25, -0.2) is 0 Å². The van der Waals surface area contributed by atoms with Crippen LogP contribution < -0.4 is 11.1 Å². The number of likely N-dealkylation sites (N-methyl/N-ethyl adjacent to an activating group) is 1. The van der Waals surface area contributed by atoms with Gasteiger partial charge in [-0.05, 0) is 33.0 Å². The number of carbonyl (C=O) groups is 1. The molecular formula is C12H21N3O2. The first-order valence-corrected chi connectivity index (χ1v) is 5.78. The van der Waals surface area contributed by atoms with Crippen molar-refractivity contribution in [3.63, 3.8) is 0 Å². The minimum absolute atomic E-state index is 0.0239. The second kappa shape index (κ2) is 6.42. The predicted molar refractivity (Wildman–Crippen MR) is 66.3 cm³/mol. The van der Waals surface area contributed by atoms with E-state index < -0.39 is 0 Å². The van der Waals surface area contributed by atoms with Crippen molar-refractivity contribution in [3.05, 3.63) is 24.2 Å². The maximum Gasteiger partial charge on any atom is 0.237 e. The maximum absolute atomic E-state index is 11.9. The number of hydrogen-bond acceptors (Lipinski definition) is 4. The second-order valence-electron chi connectivity index (χ2n) is 4.22. The molecule has 0 aliphatic heterocycles. The van der Waals surface area contributed by atoms with Gasteiger partial charge in [-0.15, -0.1) is 0 Å². The molecule has 2 unspecified atom stereocenters. The van der Waals surface area contributed by atoms with E-state index in [9.17, 15) is 4.79 Å². The van der Waals surface area contributed by atoms with Gasteiger partial charge in [0.1, 0.15) is 5.76 Å². The highest BCUT2D eigenvalue weighted by Crippen LogP contribution is 2.03. The minimum Gasteiger partial charge on any atom is -0.467 e. The Morgan fingerprint density at radius 2 is 2.29 bits per heavy atom. The SMILES string of the molecule is CC(CN)N(C)C(C)C(=O)NCc1ccco1. The van der Waals surface area contributed by atoms with Crippen LogP contribution in [0.5, 0.6) is 0 Å². The highest BCUT2D eigenvalue weighted by atomic mass is 16.3. The van der Waals surface area contributed by atoms with Crippen LogP contribution in [0.15, 0.2) is 22.8 Å². The first-order valence-electron chi connectivity index (χ1n) is 5.78. The Hall–Kier alpha value is -1.33. The van der Waals surface area contributed by atoms with Gasteiger partial charge in [0, 0.05) is 12.6 Å². The molecule has 0 bridgehead atoms. The molecule has 5 heteroatoms. The fourth-order valence-electron chi connectivity index (χ4n) is 1.47. The van der Waals surface area contributed by atoms with Gasteiger partial charge in [-0.2, -0.15) is 0 Å². The van der Waals surface area contributed by atoms with E-state index in [0.717, 1.165) is 5.76 Å². The normalized spacial score (nSPS) is 14.6. The first-order chi connectivity index (χ1) is 8.06. The number of furan rings is 1. The number of hydrogen-bond donors (Lipinski definition) is 2. The van der Waals surface area contributed by atoms with E-state index in [0.29, 0.717) is 13.1 Å². The van der Waals surface area contributed by atoms with Crippen LogP contribution >= 0.6 is 0 Å². The summed E-state index contributed by atoms with van der Waals surface area (Å²) in [5.74, 6) is 0.726. The molecule has 0 aliphatic rings. The number of nitrogens with zero attached hydrogens (tertiary/aromatic N) is 1. The van der Waals surface area contributed by atoms with Gasteiger partial charge in [0.05, 0.1) is 18.8 Å². The molecule has 1 rings (SSSR count). The fourth-order valence-corrected chi connectivity index (χ4v) is 1.47. The summed E-state index contributed by atoms with van der Waals surface area (Å²) in [5, 5.41) is 2.83. The summed E-state index contributed by atoms with van der Waals surface area (Å²) < 4.78 is 5.14. The van der Waals surface area contributed by atoms with Crippen LogP contribution in [0.3, 0.4) is 0 Å². The van der Waals surface area contributed by atoms with E-state index in [1.54, 1.807) is 12.3 Å². The number of carbonyl (C=O) groups excluding carboxylic acids is 1. The first kappa shape index (κ1) is 13.7. The molecule has 1 aromatic rings. The van der Waals surface area contributed by atoms with Gasteiger partial charge in [0.25, 0.3) is 0 Å². The maximum atomic E-state index is 11.9. The molecule has 1 amide bonds. The lowest BCUT2D eigenvalue weighted by Gasteiger charge is -2.28. The van der Waals surface area contributed by atoms with Gasteiger partial charge in [-0.1, -0.05) is 0 Å². The molecule has 1 aromatic heterocycles. The molecule has 96 valence electrons. The molecule has 2 atom stereocenters. The molecule has 0 saturated carbocycles. The van der Waals surface area contributed by atoms with Crippen LogP contribution in [-0.2, 0) is 11.3 Å². The third-order valence-electron chi connectivity index (χ3n) is 3.04. The lowest BCUT2D eigenvalue weighted by Crippen LogP contribution is -2.48. The molecular weight excluding hydrogens is 218 g/mol. The van der Waals surface area contributed by atoms with Crippen molar-refractivity contribution < 1.29 is 9.21 Å². The van der Waals surface area contributed by atoms with Crippen molar-refractivity contribution >= 4 is 5.91 Å². The van der Waals surface area contributed by atoms with E-state index in [2.05, 4.69) is 5.32 Å². The average Bonchev–Trinajstić information content (AvgIpc) is 2.86. The summed E-state index contributed by atoms with van der Waals surface area (Å²) in [4.78, 5) is 13.8. The number of rotatable bonds is 6. The quantitative estimate of drug-likeness (QED) is 0.761. The van der Waals surface area contributed by atoms with Crippen LogP contribution in [0.1, 0.15) is 19.6 Å². The lowest BCUT2D eigenvalue weighted by atomic mass is 10.2. The predicted octanol–water partition coefficient (Wildman–Crippen LogP) is 0.563. The van der Waals surface area contributed by atoms with E-state index in [1.807, 2.05) is 31.9 Å². The van der Waals surface area contributed by atoms with Crippen molar-refractivity contribution in [1.82, 2.24) is 10.2 Å². The van der Waals surface area contributed by atoms with Gasteiger partial charge in [-0.3, -0.25) is 9.69 Å². The van der Waals surface area contributed by atoms with E-state index >= 15 is 0 Å². The van der Waals surface area contributed by atoms with Crippen LogP contribution in [-0.4, -0.2) is 36.5 Å². The topological polar surface area (TPSA) is 71.5 Å². The molecule has 1 heterocycles. The average molecular weight is 239 g/mol. The zero-order valence-corrected chi connectivity index (χ0v) is 10.6. The highest BCUT2D eigenvalue weighted by molar-refractivity contribution is 5.81. The van der Waals surface area contributed by atoms with E-state index in [4.69, 9.17) is 10.2 Å². The Morgan fingerprint density at radius 3 is 2.82 bits per heavy atom. The summed E-state index contributed by atoms with van der Waals surface area (Å²) in [6.07, 6.45) is 1.59. The van der Waals surface area contributed by atoms with Crippen LogP contribution in [0.25, 0.3) is 0 Å². The number of nitrogens with one attached hydrogen (secondary N) is 1. The van der Waals surface area contributed by atoms with Crippen molar-refractivity contribution in [2.75, 3.05) is 13.6 Å². The molecule has 5 nitrogen and oxygen atoms in total. The lowest BCUT2D eigenvalue weighted by molar-refractivity contribution is -0.126. The summed E-state index contributed by atoms with van der Waals surface area (Å²) in [5.41, 5.74) is 5.57. The third kappa shape index (κ3) is 3.87. The zero-order valence-electron chi connectivity index (χ0n) is 10.6. The Kier molecular flexibility index (Phi) is 5.18. The molecule has 0 saturated heterocycles. The monoisotopic (exact) mass is 239 g/mol. The largest absolute Gasteiger partial charge is 0.467 e. The molecule has 0 aromatic carbocycles. The van der Waals surface area contributed by atoms with Gasteiger partial charge >= 0.3 is 0 Å². The number of amides is 1. The Bertz CT molecular complexity index is 338. The minimum atomic E-state index is -0.205. The summed E-state index contributed by atoms with van der Waals surface area (Å²) >= 11 is 0. The van der Waals surface area contributed by atoms with Crippen LogP contribution in [0.2, 0.25) is 0 Å². The van der Waals surface area contributed by atoms with Crippen molar-refractivity contribution in [2.24, 2.45) is 5.73 Å². The van der Waals surface area contributed by atoms with Crippen molar-refractivity contribution in [1.29, 1.82) is 0 Å². The van der Waals surface area contributed by atoms with Crippen molar-refractivity contribution in [3.8, 4) is 0 Å². The Morgan fingerprint density at radius 1 is 1.59 bits per heavy atom.